The molecule has 0 bridgehead atoms. The van der Waals surface area contributed by atoms with Gasteiger partial charge in [0.15, 0.2) is 0 Å². The molecule has 0 N–H and O–H groups in total. The van der Waals surface area contributed by atoms with Crippen LogP contribution in [0.4, 0.5) is 0 Å². The van der Waals surface area contributed by atoms with E-state index in [1.807, 2.05) is 6.08 Å². The first-order valence-electron chi connectivity index (χ1n) is 6.92. The molecule has 2 aliphatic rings. The highest BCUT2D eigenvalue weighted by Gasteiger charge is 2.38. The van der Waals surface area contributed by atoms with Gasteiger partial charge in [-0.15, -0.1) is 6.58 Å². The van der Waals surface area contributed by atoms with Crippen molar-refractivity contribution in [3.63, 3.8) is 0 Å². The number of methoxy groups -OCH3 is 1. The van der Waals surface area contributed by atoms with Gasteiger partial charge in [-0.3, -0.25) is 4.79 Å². The van der Waals surface area contributed by atoms with Crippen molar-refractivity contribution in [3.8, 4) is 0 Å². The summed E-state index contributed by atoms with van der Waals surface area (Å²) in [6.45, 7) is 3.77. The summed E-state index contributed by atoms with van der Waals surface area (Å²) in [5.41, 5.74) is 0. The third-order valence-corrected chi connectivity index (χ3v) is 4.68. The molecular weight excluding hydrogens is 212 g/mol. The summed E-state index contributed by atoms with van der Waals surface area (Å²) in [7, 11) is 1.80. The molecule has 0 saturated heterocycles. The van der Waals surface area contributed by atoms with Crippen molar-refractivity contribution in [2.75, 3.05) is 7.11 Å². The number of ether oxygens (including phenoxy) is 1. The fourth-order valence-electron chi connectivity index (χ4n) is 3.73. The molecule has 2 saturated carbocycles. The van der Waals surface area contributed by atoms with Gasteiger partial charge in [0.25, 0.3) is 0 Å². The van der Waals surface area contributed by atoms with Gasteiger partial charge in [0.2, 0.25) is 0 Å². The number of rotatable bonds is 3. The van der Waals surface area contributed by atoms with Gasteiger partial charge in [-0.05, 0) is 37.5 Å². The molecule has 0 aromatic rings. The van der Waals surface area contributed by atoms with Crippen molar-refractivity contribution >= 4 is 5.78 Å². The Hall–Kier alpha value is -0.630. The topological polar surface area (TPSA) is 26.3 Å². The fourth-order valence-corrected chi connectivity index (χ4v) is 3.73. The number of carbonyl (C=O) groups is 1. The van der Waals surface area contributed by atoms with E-state index in [0.29, 0.717) is 11.7 Å². The molecule has 2 fully saturated rings. The summed E-state index contributed by atoms with van der Waals surface area (Å²) in [5, 5.41) is 0. The molecule has 0 aromatic carbocycles. The van der Waals surface area contributed by atoms with E-state index in [1.165, 1.54) is 19.3 Å². The van der Waals surface area contributed by atoms with Crippen LogP contribution in [0.25, 0.3) is 0 Å². The fraction of sp³-hybridized carbons (Fsp3) is 0.800. The summed E-state index contributed by atoms with van der Waals surface area (Å²) in [6, 6.07) is 0. The summed E-state index contributed by atoms with van der Waals surface area (Å²) in [4.78, 5) is 12.1. The van der Waals surface area contributed by atoms with Gasteiger partial charge in [0.05, 0.1) is 6.10 Å². The number of hydrogen-bond donors (Lipinski definition) is 0. The second-order valence-corrected chi connectivity index (χ2v) is 5.59. The van der Waals surface area contributed by atoms with Crippen LogP contribution in [0.5, 0.6) is 0 Å². The Labute approximate surface area is 104 Å². The number of hydrogen-bond acceptors (Lipinski definition) is 2. The molecule has 96 valence electrons. The van der Waals surface area contributed by atoms with Crippen molar-refractivity contribution in [2.24, 2.45) is 17.8 Å². The van der Waals surface area contributed by atoms with Gasteiger partial charge >= 0.3 is 0 Å². The molecule has 0 heterocycles. The quantitative estimate of drug-likeness (QED) is 0.702. The van der Waals surface area contributed by atoms with Gasteiger partial charge in [-0.2, -0.15) is 0 Å². The van der Waals surface area contributed by atoms with E-state index in [4.69, 9.17) is 4.74 Å². The van der Waals surface area contributed by atoms with Gasteiger partial charge in [-0.1, -0.05) is 18.9 Å². The normalized spacial score (nSPS) is 38.3. The Bertz CT molecular complexity index is 285. The monoisotopic (exact) mass is 236 g/mol. The van der Waals surface area contributed by atoms with Crippen LogP contribution in [-0.2, 0) is 9.53 Å². The molecule has 2 aliphatic carbocycles. The largest absolute Gasteiger partial charge is 0.381 e. The van der Waals surface area contributed by atoms with Crippen molar-refractivity contribution in [1.82, 2.24) is 0 Å². The average Bonchev–Trinajstić information content (AvgIpc) is 2.77. The lowest BCUT2D eigenvalue weighted by Crippen LogP contribution is -2.33. The molecule has 1 unspecified atom stereocenters. The second kappa shape index (κ2) is 5.81. The molecule has 17 heavy (non-hydrogen) atoms. The Morgan fingerprint density at radius 2 is 2.24 bits per heavy atom. The summed E-state index contributed by atoms with van der Waals surface area (Å²) >= 11 is 0. The third kappa shape index (κ3) is 2.79. The van der Waals surface area contributed by atoms with Crippen molar-refractivity contribution in [2.45, 2.75) is 51.0 Å². The van der Waals surface area contributed by atoms with Gasteiger partial charge in [0, 0.05) is 19.4 Å². The second-order valence-electron chi connectivity index (χ2n) is 5.59. The van der Waals surface area contributed by atoms with Crippen LogP contribution in [0.3, 0.4) is 0 Å². The number of allylic oxidation sites excluding steroid dienone is 1. The number of Topliss-reactive ketones (excluding diaryl/α,β-unsaturated/α-hetero) is 1. The van der Waals surface area contributed by atoms with Crippen LogP contribution in [-0.4, -0.2) is 19.0 Å². The zero-order valence-electron chi connectivity index (χ0n) is 10.9. The highest BCUT2D eigenvalue weighted by atomic mass is 16.5. The molecule has 4 atom stereocenters. The lowest BCUT2D eigenvalue weighted by molar-refractivity contribution is -0.126. The molecule has 2 rings (SSSR count). The Balaban J connectivity index is 2.10. The lowest BCUT2D eigenvalue weighted by atomic mass is 9.77. The minimum atomic E-state index is 0.152. The van der Waals surface area contributed by atoms with Crippen LogP contribution >= 0.6 is 0 Å². The van der Waals surface area contributed by atoms with Gasteiger partial charge in [-0.25, -0.2) is 0 Å². The van der Waals surface area contributed by atoms with Crippen molar-refractivity contribution in [3.05, 3.63) is 12.7 Å². The summed E-state index contributed by atoms with van der Waals surface area (Å²) < 4.78 is 5.68. The van der Waals surface area contributed by atoms with Crippen LogP contribution in [0.15, 0.2) is 12.7 Å². The van der Waals surface area contributed by atoms with Crippen LogP contribution in [0.1, 0.15) is 44.9 Å². The summed E-state index contributed by atoms with van der Waals surface area (Å²) in [5.74, 6) is 2.00. The van der Waals surface area contributed by atoms with Gasteiger partial charge in [0.1, 0.15) is 5.78 Å². The van der Waals surface area contributed by atoms with E-state index in [0.717, 1.165) is 31.6 Å². The average molecular weight is 236 g/mol. The maximum absolute atomic E-state index is 12.1. The van der Waals surface area contributed by atoms with Crippen LogP contribution < -0.4 is 0 Å². The minimum absolute atomic E-state index is 0.152. The summed E-state index contributed by atoms with van der Waals surface area (Å²) in [6.07, 6.45) is 9.64. The van der Waals surface area contributed by atoms with E-state index >= 15 is 0 Å². The molecule has 0 spiro atoms. The van der Waals surface area contributed by atoms with Gasteiger partial charge < -0.3 is 4.74 Å². The van der Waals surface area contributed by atoms with Crippen molar-refractivity contribution < 1.29 is 9.53 Å². The maximum atomic E-state index is 12.1. The lowest BCUT2D eigenvalue weighted by Gasteiger charge is -2.32. The SMILES string of the molecule is C=CCC1C[C@@H](OC)[C@H]2CCC[C@@H]2CCC1=O. The number of ketones is 1. The predicted octanol–water partition coefficient (Wildman–Crippen LogP) is 3.36. The maximum Gasteiger partial charge on any atom is 0.136 e. The molecule has 0 radical (unpaired) electrons. The Morgan fingerprint density at radius 1 is 1.41 bits per heavy atom. The molecule has 0 aliphatic heterocycles. The first kappa shape index (κ1) is 12.8. The zero-order chi connectivity index (χ0) is 12.3. The van der Waals surface area contributed by atoms with E-state index in [1.54, 1.807) is 7.11 Å². The molecule has 0 amide bonds. The minimum Gasteiger partial charge on any atom is -0.381 e. The van der Waals surface area contributed by atoms with E-state index in [-0.39, 0.29) is 12.0 Å². The number of carbonyl (C=O) groups excluding carboxylic acids is 1. The first-order valence-corrected chi connectivity index (χ1v) is 6.92. The van der Waals surface area contributed by atoms with Crippen LogP contribution in [0.2, 0.25) is 0 Å². The third-order valence-electron chi connectivity index (χ3n) is 4.68. The molecule has 0 aromatic heterocycles. The predicted molar refractivity (Wildman–Crippen MR) is 68.8 cm³/mol. The van der Waals surface area contributed by atoms with Crippen molar-refractivity contribution in [1.29, 1.82) is 0 Å². The smallest absolute Gasteiger partial charge is 0.136 e. The highest BCUT2D eigenvalue weighted by molar-refractivity contribution is 5.81. The Morgan fingerprint density at radius 3 is 2.94 bits per heavy atom. The van der Waals surface area contributed by atoms with E-state index in [2.05, 4.69) is 6.58 Å². The van der Waals surface area contributed by atoms with E-state index < -0.39 is 0 Å². The number of fused-ring (bicyclic) bond motifs is 1. The first-order chi connectivity index (χ1) is 8.26. The molecule has 2 nitrogen and oxygen atoms in total. The van der Waals surface area contributed by atoms with Crippen LogP contribution in [0, 0.1) is 17.8 Å². The molecule has 2 heteroatoms. The zero-order valence-corrected chi connectivity index (χ0v) is 10.9. The molecular formula is C15H24O2. The highest BCUT2D eigenvalue weighted by Crippen LogP contribution is 2.42. The van der Waals surface area contributed by atoms with E-state index in [9.17, 15) is 4.79 Å². The standard InChI is InChI=1S/C15H24O2/c1-3-5-12-10-15(17-2)13-7-4-6-11(13)8-9-14(12)16/h3,11-13,15H,1,4-10H2,2H3/t11-,12?,13+,15-/m1/s1. The Kier molecular flexibility index (Phi) is 4.38.